The lowest BCUT2D eigenvalue weighted by atomic mass is 9.99. The van der Waals surface area contributed by atoms with Crippen LogP contribution in [-0.2, 0) is 0 Å². The van der Waals surface area contributed by atoms with Gasteiger partial charge in [-0.3, -0.25) is 0 Å². The summed E-state index contributed by atoms with van der Waals surface area (Å²) < 4.78 is 68.2. The Bertz CT molecular complexity index is 3590. The highest BCUT2D eigenvalue weighted by Gasteiger charge is 2.17. The van der Waals surface area contributed by atoms with Crippen LogP contribution in [0.1, 0.15) is 8.22 Å². The first-order valence-electron chi connectivity index (χ1n) is 21.2. The molecule has 11 rings (SSSR count). The molecule has 5 nitrogen and oxygen atoms in total. The summed E-state index contributed by atoms with van der Waals surface area (Å²) in [4.78, 5) is 14.7. The highest BCUT2D eigenvalue weighted by Crippen LogP contribution is 2.37. The van der Waals surface area contributed by atoms with Gasteiger partial charge in [0.05, 0.1) is 8.22 Å². The number of aromatic nitrogens is 3. The topological polar surface area (TPSA) is 65.0 Å². The van der Waals surface area contributed by atoms with E-state index in [1.807, 2.05) is 152 Å². The minimum absolute atomic E-state index is 0.0179. The van der Waals surface area contributed by atoms with Crippen LogP contribution >= 0.6 is 0 Å². The molecule has 0 unspecified atom stereocenters. The average Bonchev–Trinajstić information content (AvgIpc) is 3.91. The van der Waals surface area contributed by atoms with Crippen molar-refractivity contribution >= 4 is 43.9 Å². The molecule has 0 fully saturated rings. The van der Waals surface area contributed by atoms with E-state index in [4.69, 9.17) is 26.5 Å². The fourth-order valence-corrected chi connectivity index (χ4v) is 7.19. The molecule has 3 aromatic heterocycles. The maximum absolute atomic E-state index is 9.56. The van der Waals surface area contributed by atoms with Gasteiger partial charge in [-0.25, -0.2) is 15.0 Å². The summed E-state index contributed by atoms with van der Waals surface area (Å²) in [7, 11) is 0. The van der Waals surface area contributed by atoms with Crippen LogP contribution in [0.15, 0.2) is 197 Å². The minimum atomic E-state index is -0.350. The number of rotatable bonds is 6. The molecule has 11 aromatic rings. The van der Waals surface area contributed by atoms with E-state index in [9.17, 15) is 5.48 Å². The Morgan fingerprint density at radius 1 is 0.304 bits per heavy atom. The minimum Gasteiger partial charge on any atom is -0.456 e. The second-order valence-electron chi connectivity index (χ2n) is 13.5. The van der Waals surface area contributed by atoms with Crippen molar-refractivity contribution in [3.63, 3.8) is 0 Å². The zero-order chi connectivity index (χ0) is 42.2. The number of hydrogen-bond donors (Lipinski definition) is 0. The fourth-order valence-electron chi connectivity index (χ4n) is 7.19. The first-order valence-corrected chi connectivity index (χ1v) is 18.2. The quantitative estimate of drug-likeness (QED) is 0.171. The molecule has 0 atom stereocenters. The predicted octanol–water partition coefficient (Wildman–Crippen LogP) is 13.7. The van der Waals surface area contributed by atoms with Gasteiger partial charge in [0, 0.05) is 38.2 Å². The largest absolute Gasteiger partial charge is 0.456 e. The first-order chi connectivity index (χ1) is 30.2. The molecule has 0 saturated carbocycles. The molecular formula is C51H31N3O2. The van der Waals surface area contributed by atoms with Gasteiger partial charge in [0.2, 0.25) is 0 Å². The van der Waals surface area contributed by atoms with E-state index in [0.29, 0.717) is 28.1 Å². The van der Waals surface area contributed by atoms with Crippen molar-refractivity contribution in [3.8, 4) is 67.5 Å². The lowest BCUT2D eigenvalue weighted by Gasteiger charge is -2.10. The van der Waals surface area contributed by atoms with E-state index in [1.165, 1.54) is 0 Å². The summed E-state index contributed by atoms with van der Waals surface area (Å²) in [5.74, 6) is 0.551. The Morgan fingerprint density at radius 3 is 1.61 bits per heavy atom. The zero-order valence-corrected chi connectivity index (χ0v) is 29.6. The average molecular weight is 724 g/mol. The summed E-state index contributed by atoms with van der Waals surface area (Å²) in [5, 5.41) is 1.93. The summed E-state index contributed by atoms with van der Waals surface area (Å²) in [5.41, 5.74) is 7.13. The van der Waals surface area contributed by atoms with Gasteiger partial charge in [-0.2, -0.15) is 0 Å². The molecule has 0 aliphatic carbocycles. The molecule has 0 spiro atoms. The molecule has 8 aromatic carbocycles. The highest BCUT2D eigenvalue weighted by molar-refractivity contribution is 6.08. The number of hydrogen-bond acceptors (Lipinski definition) is 5. The zero-order valence-electron chi connectivity index (χ0n) is 35.6. The Balaban J connectivity index is 1.11. The molecule has 262 valence electrons. The van der Waals surface area contributed by atoms with E-state index in [-0.39, 0.29) is 81.0 Å². The van der Waals surface area contributed by atoms with Crippen LogP contribution in [0.4, 0.5) is 0 Å². The highest BCUT2D eigenvalue weighted by atomic mass is 16.3. The number of nitrogens with zero attached hydrogens (tertiary/aromatic N) is 3. The van der Waals surface area contributed by atoms with Crippen LogP contribution in [0.25, 0.3) is 111 Å². The number of para-hydroxylation sites is 1. The standard InChI is InChI=1S/C51H31N3O2/c1-3-10-32(11-4-1)34-18-20-35(21-19-34)37-23-26-47-43(29-37)42-25-22-40(31-48(42)56-47)51-53-49(38-15-9-14-36(28-38)33-12-5-2-6-13-33)52-50(54-51)39-24-27-46-44(30-39)41-16-7-8-17-45(41)55-46/h1-31H/i22D,23D,25D,26D,29D,31D. The summed E-state index contributed by atoms with van der Waals surface area (Å²) in [6.45, 7) is 0. The van der Waals surface area contributed by atoms with Gasteiger partial charge in [-0.05, 0) is 87.9 Å². The number of fused-ring (bicyclic) bond motifs is 6. The van der Waals surface area contributed by atoms with Crippen LogP contribution < -0.4 is 0 Å². The van der Waals surface area contributed by atoms with Crippen molar-refractivity contribution in [2.24, 2.45) is 0 Å². The molecule has 0 bridgehead atoms. The molecule has 0 amide bonds. The van der Waals surface area contributed by atoms with E-state index in [2.05, 4.69) is 0 Å². The van der Waals surface area contributed by atoms with Gasteiger partial charge in [-0.1, -0.05) is 133 Å². The SMILES string of the molecule is [2H]c1c(-c2ccc(-c3ccccc3)cc2)c([2H])c2c(oc3c([2H])c(-c4nc(-c5cccc(-c6ccccc6)c5)nc(-c5ccc6oc7ccccc7c6c5)n4)c([2H])c([2H])c32)c1[2H]. The molecule has 0 radical (unpaired) electrons. The van der Waals surface area contributed by atoms with Crippen LogP contribution in [0.3, 0.4) is 0 Å². The Hall–Kier alpha value is -7.63. The first kappa shape index (κ1) is 26.2. The summed E-state index contributed by atoms with van der Waals surface area (Å²) >= 11 is 0. The summed E-state index contributed by atoms with van der Waals surface area (Å²) in [6.07, 6.45) is 0. The van der Waals surface area contributed by atoms with Crippen LogP contribution in [-0.4, -0.2) is 15.0 Å². The maximum Gasteiger partial charge on any atom is 0.164 e. The van der Waals surface area contributed by atoms with E-state index in [1.54, 1.807) is 0 Å². The third-order valence-corrected chi connectivity index (χ3v) is 10.0. The number of furan rings is 2. The summed E-state index contributed by atoms with van der Waals surface area (Å²) in [6, 6.07) is 46.8. The molecule has 5 heteroatoms. The second-order valence-corrected chi connectivity index (χ2v) is 13.5. The van der Waals surface area contributed by atoms with Gasteiger partial charge < -0.3 is 8.83 Å². The molecule has 56 heavy (non-hydrogen) atoms. The van der Waals surface area contributed by atoms with Crippen molar-refractivity contribution in [2.45, 2.75) is 0 Å². The van der Waals surface area contributed by atoms with Crippen molar-refractivity contribution in [2.75, 3.05) is 0 Å². The van der Waals surface area contributed by atoms with E-state index in [0.717, 1.165) is 38.6 Å². The Kier molecular flexibility index (Phi) is 6.10. The molecular weight excluding hydrogens is 687 g/mol. The lowest BCUT2D eigenvalue weighted by molar-refractivity contribution is 0.668. The van der Waals surface area contributed by atoms with Gasteiger partial charge in [0.15, 0.2) is 17.5 Å². The van der Waals surface area contributed by atoms with Crippen LogP contribution in [0.2, 0.25) is 0 Å². The van der Waals surface area contributed by atoms with Crippen molar-refractivity contribution in [1.29, 1.82) is 0 Å². The maximum atomic E-state index is 9.56. The van der Waals surface area contributed by atoms with Crippen LogP contribution in [0.5, 0.6) is 0 Å². The molecule has 0 N–H and O–H groups in total. The van der Waals surface area contributed by atoms with Crippen molar-refractivity contribution in [3.05, 3.63) is 188 Å². The van der Waals surface area contributed by atoms with Gasteiger partial charge in [0.25, 0.3) is 0 Å². The Morgan fingerprint density at radius 2 is 0.839 bits per heavy atom. The van der Waals surface area contributed by atoms with E-state index < -0.39 is 0 Å². The molecule has 0 saturated heterocycles. The normalized spacial score (nSPS) is 13.1. The fraction of sp³-hybridized carbons (Fsp3) is 0. The van der Waals surface area contributed by atoms with Gasteiger partial charge in [0.1, 0.15) is 22.3 Å². The van der Waals surface area contributed by atoms with Gasteiger partial charge in [-0.15, -0.1) is 0 Å². The van der Waals surface area contributed by atoms with E-state index >= 15 is 0 Å². The van der Waals surface area contributed by atoms with Gasteiger partial charge >= 0.3 is 0 Å². The monoisotopic (exact) mass is 723 g/mol. The number of benzene rings is 8. The smallest absolute Gasteiger partial charge is 0.164 e. The van der Waals surface area contributed by atoms with Crippen molar-refractivity contribution < 1.29 is 17.1 Å². The molecule has 3 heterocycles. The Labute approximate surface area is 330 Å². The second kappa shape index (κ2) is 13.0. The molecule has 0 aliphatic heterocycles. The molecule has 0 aliphatic rings. The van der Waals surface area contributed by atoms with Crippen LogP contribution in [0, 0.1) is 0 Å². The van der Waals surface area contributed by atoms with Crippen molar-refractivity contribution in [1.82, 2.24) is 15.0 Å². The lowest BCUT2D eigenvalue weighted by Crippen LogP contribution is -2.00. The third-order valence-electron chi connectivity index (χ3n) is 10.0. The third kappa shape index (κ3) is 5.62. The predicted molar refractivity (Wildman–Crippen MR) is 227 cm³/mol.